The van der Waals surface area contributed by atoms with Crippen molar-refractivity contribution < 1.29 is 34.8 Å². The van der Waals surface area contributed by atoms with E-state index in [2.05, 4.69) is 18.7 Å². The van der Waals surface area contributed by atoms with Crippen molar-refractivity contribution in [3.63, 3.8) is 0 Å². The van der Waals surface area contributed by atoms with Crippen LogP contribution in [0.4, 0.5) is 5.69 Å². The van der Waals surface area contributed by atoms with Crippen LogP contribution in [-0.4, -0.2) is 101 Å². The summed E-state index contributed by atoms with van der Waals surface area (Å²) >= 11 is 0. The average Bonchev–Trinajstić information content (AvgIpc) is 2.95. The van der Waals surface area contributed by atoms with Crippen LogP contribution in [0.1, 0.15) is 80.3 Å². The van der Waals surface area contributed by atoms with Crippen LogP contribution < -0.4 is 10.6 Å². The summed E-state index contributed by atoms with van der Waals surface area (Å²) < 4.78 is 0. The Balaban J connectivity index is 1.84. The van der Waals surface area contributed by atoms with Crippen LogP contribution >= 0.6 is 0 Å². The highest BCUT2D eigenvalue weighted by atomic mass is 16.3. The van der Waals surface area contributed by atoms with Crippen molar-refractivity contribution in [2.75, 3.05) is 46.2 Å². The number of phenols is 1. The highest BCUT2D eigenvalue weighted by molar-refractivity contribution is 6.25. The van der Waals surface area contributed by atoms with Crippen LogP contribution in [0.15, 0.2) is 28.7 Å². The maximum Gasteiger partial charge on any atom is 0.255 e. The Morgan fingerprint density at radius 3 is 2.11 bits per heavy atom. The van der Waals surface area contributed by atoms with E-state index in [0.717, 1.165) is 57.3 Å². The molecule has 0 aliphatic heterocycles. The van der Waals surface area contributed by atoms with Gasteiger partial charge in [0.05, 0.1) is 11.6 Å². The summed E-state index contributed by atoms with van der Waals surface area (Å²) in [4.78, 5) is 45.9. The predicted molar refractivity (Wildman–Crippen MR) is 172 cm³/mol. The molecule has 11 nitrogen and oxygen atoms in total. The first-order valence-electron chi connectivity index (χ1n) is 16.1. The number of aliphatic hydroxyl groups excluding tert-OH is 2. The largest absolute Gasteiger partial charge is 0.510 e. The van der Waals surface area contributed by atoms with Gasteiger partial charge in [0.15, 0.2) is 11.4 Å². The number of nitrogens with zero attached hydrogens (tertiary/aromatic N) is 3. The topological polar surface area (TPSA) is 168 Å². The van der Waals surface area contributed by atoms with Crippen LogP contribution in [0.5, 0.6) is 5.75 Å². The minimum Gasteiger partial charge on any atom is -0.510 e. The summed E-state index contributed by atoms with van der Waals surface area (Å²) in [5.74, 6) is -6.40. The first-order valence-corrected chi connectivity index (χ1v) is 16.1. The average molecular weight is 627 g/mol. The van der Waals surface area contributed by atoms with Crippen molar-refractivity contribution in [1.82, 2.24) is 9.80 Å². The molecule has 6 N–H and O–H groups in total. The summed E-state index contributed by atoms with van der Waals surface area (Å²) in [5, 5.41) is 46.2. The number of allylic oxidation sites excluding steroid dienone is 1. The van der Waals surface area contributed by atoms with E-state index in [4.69, 9.17) is 5.73 Å². The van der Waals surface area contributed by atoms with Gasteiger partial charge in [-0.05, 0) is 70.4 Å². The summed E-state index contributed by atoms with van der Waals surface area (Å²) in [6, 6.07) is 0.911. The number of hydrogen-bond donors (Lipinski definition) is 5. The Bertz CT molecular complexity index is 1410. The molecule has 0 radical (unpaired) electrons. The molecule has 248 valence electrons. The molecule has 1 aromatic carbocycles. The normalized spacial score (nSPS) is 24.7. The summed E-state index contributed by atoms with van der Waals surface area (Å²) in [6.45, 7) is 6.47. The molecule has 11 heteroatoms. The van der Waals surface area contributed by atoms with Crippen LogP contribution in [0, 0.1) is 11.8 Å². The molecular formula is C34H50N4O7. The minimum atomic E-state index is -2.66. The number of aliphatic hydroxyl groups is 3. The molecule has 1 amide bonds. The van der Waals surface area contributed by atoms with E-state index in [1.165, 1.54) is 0 Å². The number of likely N-dealkylation sites (N-methyl/N-ethyl adjacent to an activating group) is 1. The fourth-order valence-corrected chi connectivity index (χ4v) is 7.55. The number of fused-ring (bicyclic) bond motifs is 3. The van der Waals surface area contributed by atoms with Gasteiger partial charge in [0.2, 0.25) is 5.78 Å². The van der Waals surface area contributed by atoms with Gasteiger partial charge in [-0.1, -0.05) is 39.5 Å². The van der Waals surface area contributed by atoms with Gasteiger partial charge in [-0.15, -0.1) is 0 Å². The predicted octanol–water partition coefficient (Wildman–Crippen LogP) is 3.37. The highest BCUT2D eigenvalue weighted by Gasteiger charge is 2.63. The zero-order chi connectivity index (χ0) is 33.4. The Labute approximate surface area is 266 Å². The monoisotopic (exact) mass is 626 g/mol. The molecule has 0 saturated heterocycles. The van der Waals surface area contributed by atoms with Gasteiger partial charge in [0.1, 0.15) is 22.8 Å². The van der Waals surface area contributed by atoms with E-state index >= 15 is 0 Å². The molecule has 3 aliphatic rings. The number of rotatable bonds is 13. The first kappa shape index (κ1) is 34.5. The molecule has 3 aliphatic carbocycles. The van der Waals surface area contributed by atoms with Gasteiger partial charge in [-0.25, -0.2) is 0 Å². The lowest BCUT2D eigenvalue weighted by Gasteiger charge is -2.50. The number of aromatic hydroxyl groups is 1. The number of unbranched alkanes of at least 4 members (excludes halogenated alkanes) is 4. The van der Waals surface area contributed by atoms with Crippen molar-refractivity contribution in [3.05, 3.63) is 45.4 Å². The second kappa shape index (κ2) is 13.5. The quantitative estimate of drug-likeness (QED) is 0.162. The van der Waals surface area contributed by atoms with E-state index in [9.17, 15) is 34.8 Å². The maximum absolute atomic E-state index is 14.3. The number of nitrogens with two attached hydrogens (primary N) is 1. The van der Waals surface area contributed by atoms with E-state index < -0.39 is 58.0 Å². The fraction of sp³-hybridized carbons (Fsp3) is 0.618. The molecule has 0 fully saturated rings. The van der Waals surface area contributed by atoms with Gasteiger partial charge < -0.3 is 31.1 Å². The highest BCUT2D eigenvalue weighted by Crippen LogP contribution is 2.53. The van der Waals surface area contributed by atoms with E-state index in [1.54, 1.807) is 19.0 Å². The number of carbonyl (C=O) groups is 3. The van der Waals surface area contributed by atoms with Gasteiger partial charge >= 0.3 is 0 Å². The SMILES string of the molecule is CCCCCN(CCCCC)Cc1cc(N(C)C)c2c(c1O)C(=O)C1=C(O)C3(O)C(=O)C(C(N)=O)=C(O)C(N(C)C)C3CC1C2. The number of carbonyl (C=O) groups excluding carboxylic acids is 3. The van der Waals surface area contributed by atoms with Crippen molar-refractivity contribution in [3.8, 4) is 5.75 Å². The number of anilines is 1. The number of benzene rings is 1. The van der Waals surface area contributed by atoms with Crippen molar-refractivity contribution in [2.45, 2.75) is 83.4 Å². The number of amides is 1. The van der Waals surface area contributed by atoms with Crippen molar-refractivity contribution in [1.29, 1.82) is 0 Å². The molecule has 0 saturated carbocycles. The maximum atomic E-state index is 14.3. The lowest BCUT2D eigenvalue weighted by molar-refractivity contribution is -0.148. The molecule has 0 bridgehead atoms. The Kier molecular flexibility index (Phi) is 10.4. The van der Waals surface area contributed by atoms with Crippen molar-refractivity contribution >= 4 is 23.2 Å². The molecule has 1 aromatic rings. The third-order valence-corrected chi connectivity index (χ3v) is 9.81. The molecular weight excluding hydrogens is 576 g/mol. The Hall–Kier alpha value is -3.41. The third kappa shape index (κ3) is 5.97. The fourth-order valence-electron chi connectivity index (χ4n) is 7.55. The second-order valence-electron chi connectivity index (χ2n) is 13.3. The molecule has 0 heterocycles. The van der Waals surface area contributed by atoms with Crippen molar-refractivity contribution in [2.24, 2.45) is 17.6 Å². The van der Waals surface area contributed by atoms with Crippen LogP contribution in [-0.2, 0) is 22.6 Å². The zero-order valence-corrected chi connectivity index (χ0v) is 27.5. The van der Waals surface area contributed by atoms with Crippen LogP contribution in [0.2, 0.25) is 0 Å². The summed E-state index contributed by atoms with van der Waals surface area (Å²) in [6.07, 6.45) is 6.73. The summed E-state index contributed by atoms with van der Waals surface area (Å²) in [7, 11) is 6.98. The standard InChI is InChI=1S/C34H50N4O7/c1-7-9-11-13-38(14-12-10-8-2)18-20-17-23(36(3)4)21-15-19-16-22-27(37(5)6)30(41)26(33(35)44)32(43)34(22,45)31(42)24(19)29(40)25(21)28(20)39/h17,19,22,27,39,41-42,45H,7-16,18H2,1-6H3,(H2,35,44). The molecule has 0 aromatic heterocycles. The minimum absolute atomic E-state index is 0.0547. The van der Waals surface area contributed by atoms with Gasteiger partial charge in [0, 0.05) is 43.4 Å². The van der Waals surface area contributed by atoms with Gasteiger partial charge in [-0.3, -0.25) is 24.2 Å². The van der Waals surface area contributed by atoms with Gasteiger partial charge in [0.25, 0.3) is 5.91 Å². The van der Waals surface area contributed by atoms with Crippen LogP contribution in [0.25, 0.3) is 0 Å². The number of phenolic OH excluding ortho intramolecular Hbond substituents is 1. The summed E-state index contributed by atoms with van der Waals surface area (Å²) in [5.41, 5.74) is 3.88. The third-order valence-electron chi connectivity index (χ3n) is 9.81. The molecule has 45 heavy (non-hydrogen) atoms. The van der Waals surface area contributed by atoms with E-state index in [1.807, 2.05) is 25.1 Å². The molecule has 4 rings (SSSR count). The van der Waals surface area contributed by atoms with Gasteiger partial charge in [-0.2, -0.15) is 0 Å². The molecule has 4 unspecified atom stereocenters. The number of hydrogen-bond acceptors (Lipinski definition) is 10. The smallest absolute Gasteiger partial charge is 0.255 e. The lowest BCUT2D eigenvalue weighted by Crippen LogP contribution is -2.63. The van der Waals surface area contributed by atoms with E-state index in [-0.39, 0.29) is 29.7 Å². The molecule has 0 spiro atoms. The van der Waals surface area contributed by atoms with E-state index in [0.29, 0.717) is 17.7 Å². The lowest BCUT2D eigenvalue weighted by atomic mass is 9.58. The first-order chi connectivity index (χ1) is 21.2. The van der Waals surface area contributed by atoms with Crippen LogP contribution in [0.3, 0.4) is 0 Å². The number of primary amides is 1. The zero-order valence-electron chi connectivity index (χ0n) is 27.5. The number of Topliss-reactive ketones (excluding diaryl/α,β-unsaturated/α-hetero) is 2. The second-order valence-corrected chi connectivity index (χ2v) is 13.3. The molecule has 4 atom stereocenters. The Morgan fingerprint density at radius 1 is 1.00 bits per heavy atom. The number of ketones is 2. The Morgan fingerprint density at radius 2 is 1.60 bits per heavy atom.